The molecule has 0 saturated heterocycles. The van der Waals surface area contributed by atoms with E-state index in [4.69, 9.17) is 5.11 Å². The van der Waals surface area contributed by atoms with Crippen LogP contribution in [-0.4, -0.2) is 35.2 Å². The molecule has 0 bridgehead atoms. The van der Waals surface area contributed by atoms with Crippen molar-refractivity contribution >= 4 is 11.7 Å². The molecular formula is C13H18N2O2. The van der Waals surface area contributed by atoms with Gasteiger partial charge >= 0.3 is 6.03 Å². The first-order chi connectivity index (χ1) is 8.20. The minimum absolute atomic E-state index is 0.0117. The number of anilines is 1. The molecule has 1 aromatic carbocycles. The van der Waals surface area contributed by atoms with Crippen molar-refractivity contribution in [2.24, 2.45) is 0 Å². The Hall–Kier alpha value is -1.55. The fraction of sp³-hybridized carbons (Fsp3) is 0.462. The average molecular weight is 234 g/mol. The SMILES string of the molecule is Cc1ccc(NC(=O)N(CCO)C2CC2)cc1. The standard InChI is InChI=1S/C13H18N2O2/c1-10-2-4-11(5-3-10)14-13(17)15(8-9-16)12-6-7-12/h2-5,12,16H,6-9H2,1H3,(H,14,17). The van der Waals surface area contributed by atoms with Crippen LogP contribution >= 0.6 is 0 Å². The van der Waals surface area contributed by atoms with Gasteiger partial charge in [-0.3, -0.25) is 0 Å². The molecule has 0 heterocycles. The summed E-state index contributed by atoms with van der Waals surface area (Å²) < 4.78 is 0. The van der Waals surface area contributed by atoms with E-state index in [0.717, 1.165) is 24.1 Å². The number of nitrogens with one attached hydrogen (secondary N) is 1. The number of aliphatic hydroxyl groups excluding tert-OH is 1. The van der Waals surface area contributed by atoms with Crippen LogP contribution in [0, 0.1) is 6.92 Å². The van der Waals surface area contributed by atoms with E-state index in [2.05, 4.69) is 5.32 Å². The summed E-state index contributed by atoms with van der Waals surface area (Å²) in [5.41, 5.74) is 1.96. The van der Waals surface area contributed by atoms with Crippen LogP contribution in [-0.2, 0) is 0 Å². The smallest absolute Gasteiger partial charge is 0.322 e. The van der Waals surface area contributed by atoms with Gasteiger partial charge in [-0.1, -0.05) is 17.7 Å². The highest BCUT2D eigenvalue weighted by atomic mass is 16.3. The van der Waals surface area contributed by atoms with Gasteiger partial charge in [0.1, 0.15) is 0 Å². The highest BCUT2D eigenvalue weighted by molar-refractivity contribution is 5.89. The van der Waals surface area contributed by atoms with Crippen molar-refractivity contribution in [3.8, 4) is 0 Å². The normalized spacial score (nSPS) is 14.5. The molecule has 17 heavy (non-hydrogen) atoms. The Labute approximate surface area is 101 Å². The van der Waals surface area contributed by atoms with E-state index in [0.29, 0.717) is 12.6 Å². The molecule has 2 N–H and O–H groups in total. The molecule has 0 spiro atoms. The van der Waals surface area contributed by atoms with E-state index in [1.807, 2.05) is 31.2 Å². The zero-order valence-electron chi connectivity index (χ0n) is 10.0. The lowest BCUT2D eigenvalue weighted by atomic mass is 10.2. The number of carbonyl (C=O) groups excluding carboxylic acids is 1. The van der Waals surface area contributed by atoms with Gasteiger partial charge in [0.2, 0.25) is 0 Å². The number of amides is 2. The maximum Gasteiger partial charge on any atom is 0.322 e. The molecular weight excluding hydrogens is 216 g/mol. The van der Waals surface area contributed by atoms with Crippen molar-refractivity contribution in [3.05, 3.63) is 29.8 Å². The van der Waals surface area contributed by atoms with Crippen LogP contribution in [0.5, 0.6) is 0 Å². The molecule has 0 aliphatic heterocycles. The summed E-state index contributed by atoms with van der Waals surface area (Å²) in [5, 5.41) is 11.8. The molecule has 1 aliphatic rings. The summed E-state index contributed by atoms with van der Waals surface area (Å²) in [6.07, 6.45) is 2.09. The second-order valence-electron chi connectivity index (χ2n) is 4.44. The largest absolute Gasteiger partial charge is 0.395 e. The first kappa shape index (κ1) is 11.9. The summed E-state index contributed by atoms with van der Waals surface area (Å²) in [6.45, 7) is 2.42. The van der Waals surface area contributed by atoms with Crippen LogP contribution < -0.4 is 5.32 Å². The lowest BCUT2D eigenvalue weighted by Gasteiger charge is -2.21. The molecule has 1 saturated carbocycles. The average Bonchev–Trinajstić information content (AvgIpc) is 3.13. The number of aliphatic hydroxyl groups is 1. The van der Waals surface area contributed by atoms with Crippen LogP contribution in [0.15, 0.2) is 24.3 Å². The fourth-order valence-electron chi connectivity index (χ4n) is 1.78. The molecule has 4 heteroatoms. The highest BCUT2D eigenvalue weighted by Gasteiger charge is 2.32. The minimum Gasteiger partial charge on any atom is -0.395 e. The summed E-state index contributed by atoms with van der Waals surface area (Å²) >= 11 is 0. The van der Waals surface area contributed by atoms with Gasteiger partial charge in [-0.2, -0.15) is 0 Å². The van der Waals surface area contributed by atoms with Crippen molar-refractivity contribution in [1.29, 1.82) is 0 Å². The summed E-state index contributed by atoms with van der Waals surface area (Å²) in [5.74, 6) is 0. The molecule has 4 nitrogen and oxygen atoms in total. The van der Waals surface area contributed by atoms with Gasteiger partial charge in [0.25, 0.3) is 0 Å². The van der Waals surface area contributed by atoms with E-state index in [1.54, 1.807) is 4.90 Å². The van der Waals surface area contributed by atoms with Gasteiger partial charge in [-0.25, -0.2) is 4.79 Å². The molecule has 1 aliphatic carbocycles. The predicted molar refractivity (Wildman–Crippen MR) is 67.0 cm³/mol. The minimum atomic E-state index is -0.120. The Morgan fingerprint density at radius 1 is 1.41 bits per heavy atom. The first-order valence-electron chi connectivity index (χ1n) is 5.96. The third-order valence-electron chi connectivity index (χ3n) is 2.89. The molecule has 1 aromatic rings. The summed E-state index contributed by atoms with van der Waals surface area (Å²) in [6, 6.07) is 7.89. The van der Waals surface area contributed by atoms with E-state index in [-0.39, 0.29) is 12.6 Å². The number of carbonyl (C=O) groups is 1. The Kier molecular flexibility index (Phi) is 3.64. The van der Waals surface area contributed by atoms with Crippen LogP contribution in [0.25, 0.3) is 0 Å². The van der Waals surface area contributed by atoms with Gasteiger partial charge in [-0.05, 0) is 31.9 Å². The van der Waals surface area contributed by atoms with Crippen LogP contribution in [0.2, 0.25) is 0 Å². The Balaban J connectivity index is 1.96. The number of aryl methyl sites for hydroxylation is 1. The molecule has 1 fully saturated rings. The van der Waals surface area contributed by atoms with Crippen LogP contribution in [0.3, 0.4) is 0 Å². The molecule has 0 aromatic heterocycles. The maximum absolute atomic E-state index is 12.0. The number of nitrogens with zero attached hydrogens (tertiary/aromatic N) is 1. The fourth-order valence-corrected chi connectivity index (χ4v) is 1.78. The van der Waals surface area contributed by atoms with Gasteiger partial charge < -0.3 is 15.3 Å². The highest BCUT2D eigenvalue weighted by Crippen LogP contribution is 2.27. The molecule has 0 unspecified atom stereocenters. The van der Waals surface area contributed by atoms with Gasteiger partial charge in [0.15, 0.2) is 0 Å². The third-order valence-corrected chi connectivity index (χ3v) is 2.89. The molecule has 2 amide bonds. The summed E-state index contributed by atoms with van der Waals surface area (Å²) in [7, 11) is 0. The number of hydrogen-bond donors (Lipinski definition) is 2. The topological polar surface area (TPSA) is 52.6 Å². The zero-order valence-corrected chi connectivity index (χ0v) is 10.0. The predicted octanol–water partition coefficient (Wildman–Crippen LogP) is 1.98. The van der Waals surface area contributed by atoms with Gasteiger partial charge in [0, 0.05) is 18.3 Å². The van der Waals surface area contributed by atoms with Crippen molar-refractivity contribution in [1.82, 2.24) is 4.90 Å². The van der Waals surface area contributed by atoms with Crippen molar-refractivity contribution < 1.29 is 9.90 Å². The molecule has 2 rings (SSSR count). The van der Waals surface area contributed by atoms with Crippen molar-refractivity contribution in [2.75, 3.05) is 18.5 Å². The second-order valence-corrected chi connectivity index (χ2v) is 4.44. The number of rotatable bonds is 4. The van der Waals surface area contributed by atoms with Gasteiger partial charge in [0.05, 0.1) is 6.61 Å². The Morgan fingerprint density at radius 2 is 2.06 bits per heavy atom. The first-order valence-corrected chi connectivity index (χ1v) is 5.96. The van der Waals surface area contributed by atoms with Gasteiger partial charge in [-0.15, -0.1) is 0 Å². The van der Waals surface area contributed by atoms with Crippen LogP contribution in [0.1, 0.15) is 18.4 Å². The maximum atomic E-state index is 12.0. The Bertz CT molecular complexity index is 385. The number of hydrogen-bond acceptors (Lipinski definition) is 2. The number of benzene rings is 1. The van der Waals surface area contributed by atoms with Crippen LogP contribution in [0.4, 0.5) is 10.5 Å². The second kappa shape index (κ2) is 5.19. The third kappa shape index (κ3) is 3.20. The number of urea groups is 1. The van der Waals surface area contributed by atoms with E-state index in [1.165, 1.54) is 0 Å². The molecule has 0 atom stereocenters. The quantitative estimate of drug-likeness (QED) is 0.837. The summed E-state index contributed by atoms with van der Waals surface area (Å²) in [4.78, 5) is 13.7. The van der Waals surface area contributed by atoms with Crippen molar-refractivity contribution in [3.63, 3.8) is 0 Å². The molecule has 0 radical (unpaired) electrons. The lowest BCUT2D eigenvalue weighted by Crippen LogP contribution is -2.38. The molecule has 92 valence electrons. The zero-order chi connectivity index (χ0) is 12.3. The van der Waals surface area contributed by atoms with E-state index < -0.39 is 0 Å². The monoisotopic (exact) mass is 234 g/mol. The van der Waals surface area contributed by atoms with E-state index >= 15 is 0 Å². The van der Waals surface area contributed by atoms with Crippen molar-refractivity contribution in [2.45, 2.75) is 25.8 Å². The van der Waals surface area contributed by atoms with E-state index in [9.17, 15) is 4.79 Å². The Morgan fingerprint density at radius 3 is 2.59 bits per heavy atom. The lowest BCUT2D eigenvalue weighted by molar-refractivity contribution is 0.185.